The highest BCUT2D eigenvalue weighted by Crippen LogP contribution is 2.66. The number of allylic oxidation sites excluding steroid dienone is 3. The molecule has 4 aliphatic rings. The Kier molecular flexibility index (Phi) is 17.9. The summed E-state index contributed by atoms with van der Waals surface area (Å²) in [5.41, 5.74) is 6.44. The molecular weight excluding hydrogens is 500 g/mol. The lowest BCUT2D eigenvalue weighted by molar-refractivity contribution is -0.913. The zero-order valence-corrected chi connectivity index (χ0v) is 28.3. The fourth-order valence-corrected chi connectivity index (χ4v) is 8.67. The van der Waals surface area contributed by atoms with E-state index in [2.05, 4.69) is 92.3 Å². The summed E-state index contributed by atoms with van der Waals surface area (Å²) in [6, 6.07) is 0.861. The van der Waals surface area contributed by atoms with Crippen LogP contribution in [0.4, 0.5) is 0 Å². The minimum absolute atomic E-state index is 0. The van der Waals surface area contributed by atoms with Gasteiger partial charge in [-0.15, -0.1) is 13.2 Å². The van der Waals surface area contributed by atoms with Crippen molar-refractivity contribution in [3.63, 3.8) is 0 Å². The van der Waals surface area contributed by atoms with Crippen molar-refractivity contribution in [3.05, 3.63) is 37.5 Å². The van der Waals surface area contributed by atoms with Gasteiger partial charge in [0.2, 0.25) is 0 Å². The summed E-state index contributed by atoms with van der Waals surface area (Å²) >= 11 is 0. The first-order valence-corrected chi connectivity index (χ1v) is 16.5. The molecular formula is C37H73N4+. The van der Waals surface area contributed by atoms with E-state index in [1.807, 2.05) is 13.1 Å². The molecule has 0 bridgehead atoms. The third-order valence-electron chi connectivity index (χ3n) is 10.8. The third-order valence-corrected chi connectivity index (χ3v) is 10.8. The normalized spacial score (nSPS) is 34.7. The lowest BCUT2D eigenvalue weighted by Crippen LogP contribution is -2.50. The fraction of sp³-hybridized carbons (Fsp3) is 0.811. The predicted octanol–water partition coefficient (Wildman–Crippen LogP) is 9.60. The molecule has 0 aromatic carbocycles. The fourth-order valence-electron chi connectivity index (χ4n) is 8.67. The SMILES string of the molecule is C.C=C.C=C/C=C1/CCC2C(CCC3(C)C(C(C)=N)CCC23)C1(C)CCC.CCCC1CCCN1.CN[N+](C)(C)C. The van der Waals surface area contributed by atoms with E-state index in [9.17, 15) is 0 Å². The zero-order valence-electron chi connectivity index (χ0n) is 28.3. The first-order chi connectivity index (χ1) is 18.9. The van der Waals surface area contributed by atoms with E-state index in [0.29, 0.717) is 16.7 Å². The Morgan fingerprint density at radius 2 is 1.68 bits per heavy atom. The molecule has 1 aliphatic heterocycles. The molecule has 3 saturated carbocycles. The van der Waals surface area contributed by atoms with Gasteiger partial charge in [0.25, 0.3) is 0 Å². The van der Waals surface area contributed by atoms with Crippen LogP contribution in [-0.2, 0) is 0 Å². The molecule has 1 saturated heterocycles. The number of quaternary nitrogens is 1. The highest BCUT2D eigenvalue weighted by molar-refractivity contribution is 5.82. The number of rotatable bonds is 7. The summed E-state index contributed by atoms with van der Waals surface area (Å²) in [5, 5.41) is 11.7. The van der Waals surface area contributed by atoms with Crippen molar-refractivity contribution in [2.45, 2.75) is 125 Å². The van der Waals surface area contributed by atoms with Gasteiger partial charge in [-0.1, -0.05) is 72.3 Å². The largest absolute Gasteiger partial charge is 0.314 e. The standard InChI is InChI=1S/C23H37N.C7H15N.C4H13N2.C2H4.CH4/c1-6-8-17-9-10-18-20-12-11-19(16(3)24)23(20,5)15-13-21(18)22(17,4)14-7-2;1-2-4-7-5-3-6-8-7;1-5-6(2,3)4;1-2;/h6,8,18-21,24H,1,7,9-15H2,2-5H3;7-8H,2-6H2,1H3;5H,1-4H3;1-2H2;1H4/q;;+1;;/b17-8-,24-16?;;;;. The molecule has 0 amide bonds. The number of hydrogen-bond acceptors (Lipinski definition) is 3. The van der Waals surface area contributed by atoms with Crippen molar-refractivity contribution in [1.82, 2.24) is 10.7 Å². The topological polar surface area (TPSA) is 47.9 Å². The van der Waals surface area contributed by atoms with Gasteiger partial charge in [0.1, 0.15) is 0 Å². The van der Waals surface area contributed by atoms with E-state index in [1.165, 1.54) is 83.6 Å². The van der Waals surface area contributed by atoms with Crippen molar-refractivity contribution >= 4 is 5.71 Å². The first kappa shape index (κ1) is 39.8. The van der Waals surface area contributed by atoms with Crippen molar-refractivity contribution in [2.75, 3.05) is 34.7 Å². The van der Waals surface area contributed by atoms with Gasteiger partial charge in [0.15, 0.2) is 0 Å². The minimum atomic E-state index is 0. The monoisotopic (exact) mass is 574 g/mol. The lowest BCUT2D eigenvalue weighted by Gasteiger charge is -2.57. The summed E-state index contributed by atoms with van der Waals surface area (Å²) in [6.45, 7) is 23.0. The van der Waals surface area contributed by atoms with E-state index in [1.54, 1.807) is 5.57 Å². The van der Waals surface area contributed by atoms with Crippen LogP contribution >= 0.6 is 0 Å². The van der Waals surface area contributed by atoms with Gasteiger partial charge >= 0.3 is 0 Å². The van der Waals surface area contributed by atoms with Gasteiger partial charge in [0.05, 0.1) is 21.1 Å². The lowest BCUT2D eigenvalue weighted by atomic mass is 9.47. The summed E-state index contributed by atoms with van der Waals surface area (Å²) in [7, 11) is 8.14. The molecule has 0 spiro atoms. The van der Waals surface area contributed by atoms with Crippen LogP contribution in [0.25, 0.3) is 0 Å². The maximum atomic E-state index is 8.28. The number of nitrogens with one attached hydrogen (secondary N) is 3. The Balaban J connectivity index is 0.000000776. The van der Waals surface area contributed by atoms with Gasteiger partial charge in [-0.2, -0.15) is 5.43 Å². The molecule has 41 heavy (non-hydrogen) atoms. The summed E-state index contributed by atoms with van der Waals surface area (Å²) in [4.78, 5) is 0. The molecule has 1 heterocycles. The van der Waals surface area contributed by atoms with Gasteiger partial charge in [-0.25, -0.2) is 0 Å². The second kappa shape index (κ2) is 18.4. The van der Waals surface area contributed by atoms with E-state index >= 15 is 0 Å². The van der Waals surface area contributed by atoms with Crippen molar-refractivity contribution in [2.24, 2.45) is 34.5 Å². The molecule has 240 valence electrons. The van der Waals surface area contributed by atoms with Crippen LogP contribution < -0.4 is 10.7 Å². The Hall–Kier alpha value is -1.23. The van der Waals surface area contributed by atoms with Crippen LogP contribution in [0.3, 0.4) is 0 Å². The molecule has 3 N–H and O–H groups in total. The van der Waals surface area contributed by atoms with Crippen molar-refractivity contribution in [1.29, 1.82) is 5.41 Å². The molecule has 4 rings (SSSR count). The second-order valence-electron chi connectivity index (χ2n) is 14.2. The maximum absolute atomic E-state index is 8.28. The molecule has 4 fully saturated rings. The second-order valence-corrected chi connectivity index (χ2v) is 14.2. The van der Waals surface area contributed by atoms with Crippen LogP contribution in [0.1, 0.15) is 119 Å². The molecule has 7 unspecified atom stereocenters. The van der Waals surface area contributed by atoms with Crippen LogP contribution in [0.15, 0.2) is 37.5 Å². The molecule has 4 heteroatoms. The first-order valence-electron chi connectivity index (χ1n) is 16.5. The van der Waals surface area contributed by atoms with E-state index in [4.69, 9.17) is 5.41 Å². The number of hydrogen-bond donors (Lipinski definition) is 3. The van der Waals surface area contributed by atoms with E-state index in [0.717, 1.165) is 34.1 Å². The Morgan fingerprint density at radius 3 is 2.15 bits per heavy atom. The average Bonchev–Trinajstić information content (AvgIpc) is 3.55. The quantitative estimate of drug-likeness (QED) is 0.123. The van der Waals surface area contributed by atoms with Gasteiger partial charge in [-0.3, -0.25) is 4.59 Å². The summed E-state index contributed by atoms with van der Waals surface area (Å²) in [5.74, 6) is 3.13. The summed E-state index contributed by atoms with van der Waals surface area (Å²) in [6.07, 6.45) is 20.4. The third kappa shape index (κ3) is 10.5. The minimum Gasteiger partial charge on any atom is -0.314 e. The molecule has 0 aromatic heterocycles. The van der Waals surface area contributed by atoms with Gasteiger partial charge < -0.3 is 10.7 Å². The van der Waals surface area contributed by atoms with Crippen molar-refractivity contribution in [3.8, 4) is 0 Å². The molecule has 0 aromatic rings. The maximum Gasteiger partial charge on any atom is 0.0853 e. The highest BCUT2D eigenvalue weighted by atomic mass is 15.6. The van der Waals surface area contributed by atoms with Crippen LogP contribution in [-0.4, -0.2) is 51.1 Å². The van der Waals surface area contributed by atoms with Gasteiger partial charge in [-0.05, 0) is 106 Å². The smallest absolute Gasteiger partial charge is 0.0853 e. The molecule has 7 atom stereocenters. The van der Waals surface area contributed by atoms with Gasteiger partial charge in [0, 0.05) is 24.7 Å². The zero-order chi connectivity index (χ0) is 30.6. The average molecular weight is 574 g/mol. The van der Waals surface area contributed by atoms with Crippen LogP contribution in [0.5, 0.6) is 0 Å². The Bertz CT molecular complexity index is 789. The molecule has 3 aliphatic carbocycles. The Morgan fingerprint density at radius 1 is 1.05 bits per heavy atom. The van der Waals surface area contributed by atoms with E-state index in [-0.39, 0.29) is 7.43 Å². The number of nitrogens with zero attached hydrogens (tertiary/aromatic N) is 1. The Labute approximate surface area is 258 Å². The number of fused-ring (bicyclic) bond motifs is 3. The van der Waals surface area contributed by atoms with Crippen LogP contribution in [0, 0.1) is 39.9 Å². The van der Waals surface area contributed by atoms with Crippen molar-refractivity contribution < 1.29 is 4.59 Å². The highest BCUT2D eigenvalue weighted by Gasteiger charge is 2.58. The van der Waals surface area contributed by atoms with E-state index < -0.39 is 0 Å². The molecule has 4 nitrogen and oxygen atoms in total. The summed E-state index contributed by atoms with van der Waals surface area (Å²) < 4.78 is 0.819. The van der Waals surface area contributed by atoms with Crippen LogP contribution in [0.2, 0.25) is 0 Å². The predicted molar refractivity (Wildman–Crippen MR) is 185 cm³/mol. The molecule has 0 radical (unpaired) electrons.